The van der Waals surface area contributed by atoms with Crippen LogP contribution in [0, 0.1) is 0 Å². The average Bonchev–Trinajstić information content (AvgIpc) is 2.64. The molecule has 2 rings (SSSR count). The molecule has 0 unspecified atom stereocenters. The number of halogens is 1. The predicted molar refractivity (Wildman–Crippen MR) is 66.4 cm³/mol. The molecule has 3 N–H and O–H groups in total. The molecular formula is C9H7BrN4OS. The molecular weight excluding hydrogens is 292 g/mol. The molecule has 16 heavy (non-hydrogen) atoms. The molecule has 0 aliphatic rings. The van der Waals surface area contributed by atoms with Crippen LogP contribution in [0.2, 0.25) is 0 Å². The SMILES string of the molecule is Nc1cccnc1C(=O)Nc1ncc(Br)s1. The van der Waals surface area contributed by atoms with Crippen molar-refractivity contribution in [2.45, 2.75) is 0 Å². The third kappa shape index (κ3) is 2.37. The molecule has 1 amide bonds. The molecule has 2 aromatic rings. The zero-order valence-electron chi connectivity index (χ0n) is 7.98. The summed E-state index contributed by atoms with van der Waals surface area (Å²) in [6.07, 6.45) is 3.13. The number of carbonyl (C=O) groups excluding carboxylic acids is 1. The second kappa shape index (κ2) is 4.58. The number of carbonyl (C=O) groups is 1. The van der Waals surface area contributed by atoms with Crippen LogP contribution < -0.4 is 11.1 Å². The number of nitrogens with zero attached hydrogens (tertiary/aromatic N) is 2. The molecule has 0 radical (unpaired) electrons. The molecule has 0 saturated carbocycles. The first-order chi connectivity index (χ1) is 7.66. The molecule has 0 bridgehead atoms. The smallest absolute Gasteiger partial charge is 0.278 e. The summed E-state index contributed by atoms with van der Waals surface area (Å²) < 4.78 is 0.844. The van der Waals surface area contributed by atoms with E-state index in [2.05, 4.69) is 31.2 Å². The van der Waals surface area contributed by atoms with Crippen molar-refractivity contribution < 1.29 is 4.79 Å². The Kier molecular flexibility index (Phi) is 3.16. The maximum atomic E-state index is 11.7. The summed E-state index contributed by atoms with van der Waals surface area (Å²) in [5.74, 6) is -0.361. The summed E-state index contributed by atoms with van der Waals surface area (Å²) in [6.45, 7) is 0. The topological polar surface area (TPSA) is 80.9 Å². The van der Waals surface area contributed by atoms with Crippen molar-refractivity contribution in [1.29, 1.82) is 0 Å². The lowest BCUT2D eigenvalue weighted by Gasteiger charge is -2.02. The minimum atomic E-state index is -0.361. The van der Waals surface area contributed by atoms with Gasteiger partial charge >= 0.3 is 0 Å². The Bertz CT molecular complexity index is 528. The first-order valence-corrected chi connectivity index (χ1v) is 5.91. The van der Waals surface area contributed by atoms with E-state index in [9.17, 15) is 4.79 Å². The fourth-order valence-electron chi connectivity index (χ4n) is 1.08. The van der Waals surface area contributed by atoms with Crippen LogP contribution in [0.1, 0.15) is 10.5 Å². The fourth-order valence-corrected chi connectivity index (χ4v) is 2.18. The van der Waals surface area contributed by atoms with E-state index in [1.54, 1.807) is 18.3 Å². The Balaban J connectivity index is 2.18. The maximum Gasteiger partial charge on any atom is 0.278 e. The summed E-state index contributed by atoms with van der Waals surface area (Å²) >= 11 is 4.58. The van der Waals surface area contributed by atoms with E-state index in [-0.39, 0.29) is 11.6 Å². The molecule has 0 atom stereocenters. The molecule has 2 aromatic heterocycles. The summed E-state index contributed by atoms with van der Waals surface area (Å²) in [4.78, 5) is 19.6. The minimum absolute atomic E-state index is 0.203. The van der Waals surface area contributed by atoms with Crippen LogP contribution >= 0.6 is 27.3 Å². The first-order valence-electron chi connectivity index (χ1n) is 4.30. The predicted octanol–water partition coefficient (Wildman–Crippen LogP) is 2.14. The third-order valence-corrected chi connectivity index (χ3v) is 3.14. The molecule has 82 valence electrons. The lowest BCUT2D eigenvalue weighted by molar-refractivity contribution is 0.102. The molecule has 2 heterocycles. The van der Waals surface area contributed by atoms with Crippen LogP contribution in [0.4, 0.5) is 10.8 Å². The van der Waals surface area contributed by atoms with Gasteiger partial charge in [0.15, 0.2) is 10.8 Å². The van der Waals surface area contributed by atoms with Gasteiger partial charge in [-0.2, -0.15) is 0 Å². The lowest BCUT2D eigenvalue weighted by atomic mass is 10.3. The van der Waals surface area contributed by atoms with Crippen LogP contribution in [0.15, 0.2) is 28.3 Å². The van der Waals surface area contributed by atoms with Crippen molar-refractivity contribution in [2.24, 2.45) is 0 Å². The molecule has 0 saturated heterocycles. The van der Waals surface area contributed by atoms with Crippen LogP contribution in [0.25, 0.3) is 0 Å². The van der Waals surface area contributed by atoms with E-state index in [4.69, 9.17) is 5.73 Å². The van der Waals surface area contributed by atoms with Gasteiger partial charge < -0.3 is 5.73 Å². The highest BCUT2D eigenvalue weighted by Crippen LogP contribution is 2.23. The van der Waals surface area contributed by atoms with E-state index in [0.717, 1.165) is 3.79 Å². The van der Waals surface area contributed by atoms with Gasteiger partial charge in [-0.15, -0.1) is 0 Å². The Hall–Kier alpha value is -1.47. The number of rotatable bonds is 2. The Labute approximate surface area is 104 Å². The molecule has 0 spiro atoms. The zero-order valence-corrected chi connectivity index (χ0v) is 10.4. The van der Waals surface area contributed by atoms with Gasteiger partial charge in [0.1, 0.15) is 0 Å². The number of thiazole rings is 1. The molecule has 0 aromatic carbocycles. The van der Waals surface area contributed by atoms with E-state index < -0.39 is 0 Å². The number of amides is 1. The third-order valence-electron chi connectivity index (χ3n) is 1.75. The van der Waals surface area contributed by atoms with E-state index in [0.29, 0.717) is 10.8 Å². The summed E-state index contributed by atoms with van der Waals surface area (Å²) in [5.41, 5.74) is 6.18. The second-order valence-electron chi connectivity index (χ2n) is 2.86. The van der Waals surface area contributed by atoms with E-state index in [1.807, 2.05) is 0 Å². The Morgan fingerprint density at radius 1 is 1.50 bits per heavy atom. The molecule has 0 fully saturated rings. The number of nitrogens with two attached hydrogens (primary N) is 1. The largest absolute Gasteiger partial charge is 0.397 e. The number of anilines is 2. The highest BCUT2D eigenvalue weighted by atomic mass is 79.9. The van der Waals surface area contributed by atoms with Gasteiger partial charge in [-0.1, -0.05) is 11.3 Å². The van der Waals surface area contributed by atoms with Gasteiger partial charge in [-0.3, -0.25) is 10.1 Å². The summed E-state index contributed by atoms with van der Waals surface area (Å²) in [7, 11) is 0. The van der Waals surface area contributed by atoms with Crippen LogP contribution in [-0.4, -0.2) is 15.9 Å². The Morgan fingerprint density at radius 3 is 2.94 bits per heavy atom. The monoisotopic (exact) mass is 298 g/mol. The highest BCUT2D eigenvalue weighted by molar-refractivity contribution is 9.11. The molecule has 5 nitrogen and oxygen atoms in total. The van der Waals surface area contributed by atoms with Crippen LogP contribution in [0.3, 0.4) is 0 Å². The standard InChI is InChI=1S/C9H7BrN4OS/c10-6-4-13-9(16-6)14-8(15)7-5(11)2-1-3-12-7/h1-4H,11H2,(H,13,14,15). The zero-order chi connectivity index (χ0) is 11.5. The summed E-state index contributed by atoms with van der Waals surface area (Å²) in [6, 6.07) is 3.30. The normalized spacial score (nSPS) is 10.1. The lowest BCUT2D eigenvalue weighted by Crippen LogP contribution is -2.15. The quantitative estimate of drug-likeness (QED) is 0.890. The number of pyridine rings is 1. The maximum absolute atomic E-state index is 11.7. The van der Waals surface area contributed by atoms with Crippen molar-refractivity contribution in [3.63, 3.8) is 0 Å². The molecule has 0 aliphatic heterocycles. The summed E-state index contributed by atoms with van der Waals surface area (Å²) in [5, 5.41) is 3.12. The van der Waals surface area contributed by atoms with Crippen molar-refractivity contribution in [2.75, 3.05) is 11.1 Å². The van der Waals surface area contributed by atoms with Crippen molar-refractivity contribution in [3.05, 3.63) is 34.0 Å². The van der Waals surface area contributed by atoms with Gasteiger partial charge in [0.05, 0.1) is 15.7 Å². The van der Waals surface area contributed by atoms with Gasteiger partial charge in [0, 0.05) is 6.20 Å². The minimum Gasteiger partial charge on any atom is -0.397 e. The van der Waals surface area contributed by atoms with E-state index in [1.165, 1.54) is 17.5 Å². The number of nitrogen functional groups attached to an aromatic ring is 1. The van der Waals surface area contributed by atoms with E-state index >= 15 is 0 Å². The molecule has 0 aliphatic carbocycles. The van der Waals surface area contributed by atoms with Gasteiger partial charge in [0.2, 0.25) is 0 Å². The second-order valence-corrected chi connectivity index (χ2v) is 5.27. The van der Waals surface area contributed by atoms with Crippen molar-refractivity contribution in [3.8, 4) is 0 Å². The Morgan fingerprint density at radius 2 is 2.31 bits per heavy atom. The number of hydrogen-bond donors (Lipinski definition) is 2. The first kappa shape index (κ1) is 11.0. The fraction of sp³-hybridized carbons (Fsp3) is 0. The van der Waals surface area contributed by atoms with Gasteiger partial charge in [0.25, 0.3) is 5.91 Å². The number of aromatic nitrogens is 2. The van der Waals surface area contributed by atoms with Crippen LogP contribution in [0.5, 0.6) is 0 Å². The van der Waals surface area contributed by atoms with Crippen LogP contribution in [-0.2, 0) is 0 Å². The number of nitrogens with one attached hydrogen (secondary N) is 1. The van der Waals surface area contributed by atoms with Crippen molar-refractivity contribution >= 4 is 44.0 Å². The highest BCUT2D eigenvalue weighted by Gasteiger charge is 2.12. The van der Waals surface area contributed by atoms with Gasteiger partial charge in [-0.25, -0.2) is 9.97 Å². The van der Waals surface area contributed by atoms with Crippen molar-refractivity contribution in [1.82, 2.24) is 9.97 Å². The van der Waals surface area contributed by atoms with Gasteiger partial charge in [-0.05, 0) is 28.1 Å². The molecule has 7 heteroatoms. The average molecular weight is 299 g/mol. The number of hydrogen-bond acceptors (Lipinski definition) is 5.